The second-order valence-corrected chi connectivity index (χ2v) is 9.94. The lowest BCUT2D eigenvalue weighted by atomic mass is 9.99. The zero-order valence-electron chi connectivity index (χ0n) is 21.1. The first-order valence-electron chi connectivity index (χ1n) is 11.8. The standard InChI is InChI=1S/C27H39N3O4/c1-18(2)22-12-21(13-23(15-22)29-19(3)31)16-28-17-25(32)24(14-20-10-8-7-9-11-20)30-26(33)34-27(4,5)6/h7-13,15,18,24-25,28,32H,14,16-17H2,1-6H3,(H,29,31)(H,30,33)/t24-,25+/m0/s1. The fraction of sp³-hybridized carbons (Fsp3) is 0.481. The van der Waals surface area contributed by atoms with E-state index in [0.717, 1.165) is 22.4 Å². The van der Waals surface area contributed by atoms with Gasteiger partial charge in [0.2, 0.25) is 5.91 Å². The Bertz CT molecular complexity index is 939. The van der Waals surface area contributed by atoms with E-state index in [1.54, 1.807) is 20.8 Å². The Morgan fingerprint density at radius 3 is 2.29 bits per heavy atom. The smallest absolute Gasteiger partial charge is 0.407 e. The molecule has 0 fully saturated rings. The largest absolute Gasteiger partial charge is 0.444 e. The molecule has 4 N–H and O–H groups in total. The maximum Gasteiger partial charge on any atom is 0.407 e. The highest BCUT2D eigenvalue weighted by molar-refractivity contribution is 5.88. The third-order valence-corrected chi connectivity index (χ3v) is 5.15. The molecule has 34 heavy (non-hydrogen) atoms. The number of aliphatic hydroxyl groups is 1. The van der Waals surface area contributed by atoms with E-state index in [1.807, 2.05) is 42.5 Å². The van der Waals surface area contributed by atoms with Crippen LogP contribution >= 0.6 is 0 Å². The number of rotatable bonds is 10. The molecule has 2 aromatic carbocycles. The quantitative estimate of drug-likeness (QED) is 0.414. The van der Waals surface area contributed by atoms with Crippen molar-refractivity contribution in [2.45, 2.75) is 78.2 Å². The van der Waals surface area contributed by atoms with Crippen molar-refractivity contribution in [3.63, 3.8) is 0 Å². The van der Waals surface area contributed by atoms with E-state index in [0.29, 0.717) is 18.9 Å². The van der Waals surface area contributed by atoms with Gasteiger partial charge in [-0.1, -0.05) is 50.2 Å². The predicted molar refractivity (Wildman–Crippen MR) is 136 cm³/mol. The number of amides is 2. The van der Waals surface area contributed by atoms with Gasteiger partial charge in [0.05, 0.1) is 12.1 Å². The maximum absolute atomic E-state index is 12.4. The number of anilines is 1. The van der Waals surface area contributed by atoms with Crippen LogP contribution in [0.1, 0.15) is 64.2 Å². The van der Waals surface area contributed by atoms with E-state index in [-0.39, 0.29) is 12.5 Å². The lowest BCUT2D eigenvalue weighted by Gasteiger charge is -2.27. The first-order chi connectivity index (χ1) is 15.9. The van der Waals surface area contributed by atoms with Crippen molar-refractivity contribution in [3.8, 4) is 0 Å². The topological polar surface area (TPSA) is 99.7 Å². The van der Waals surface area contributed by atoms with Gasteiger partial charge >= 0.3 is 6.09 Å². The Hall–Kier alpha value is -2.90. The van der Waals surface area contributed by atoms with E-state index in [4.69, 9.17) is 4.74 Å². The van der Waals surface area contributed by atoms with Crippen LogP contribution in [0.2, 0.25) is 0 Å². The number of carbonyl (C=O) groups is 2. The predicted octanol–water partition coefficient (Wildman–Crippen LogP) is 4.35. The Labute approximate surface area is 203 Å². The second kappa shape index (κ2) is 12.5. The highest BCUT2D eigenvalue weighted by Gasteiger charge is 2.25. The van der Waals surface area contributed by atoms with E-state index in [9.17, 15) is 14.7 Å². The van der Waals surface area contributed by atoms with E-state index >= 15 is 0 Å². The Morgan fingerprint density at radius 1 is 1.03 bits per heavy atom. The number of aliphatic hydroxyl groups excluding tert-OH is 1. The summed E-state index contributed by atoms with van der Waals surface area (Å²) in [7, 11) is 0. The van der Waals surface area contributed by atoms with Crippen LogP contribution < -0.4 is 16.0 Å². The average Bonchev–Trinajstić information content (AvgIpc) is 2.72. The van der Waals surface area contributed by atoms with E-state index in [1.165, 1.54) is 6.92 Å². The number of benzene rings is 2. The molecule has 0 aliphatic heterocycles. The first kappa shape index (κ1) is 27.3. The zero-order chi connectivity index (χ0) is 25.3. The summed E-state index contributed by atoms with van der Waals surface area (Å²) in [5.74, 6) is 0.193. The van der Waals surface area contributed by atoms with Crippen LogP contribution in [0, 0.1) is 0 Å². The molecule has 2 aromatic rings. The van der Waals surface area contributed by atoms with Crippen molar-refractivity contribution in [3.05, 3.63) is 65.2 Å². The van der Waals surface area contributed by atoms with E-state index in [2.05, 4.69) is 35.9 Å². The van der Waals surface area contributed by atoms with Crippen molar-refractivity contribution < 1.29 is 19.4 Å². The lowest BCUT2D eigenvalue weighted by molar-refractivity contribution is -0.114. The van der Waals surface area contributed by atoms with Crippen molar-refractivity contribution in [1.82, 2.24) is 10.6 Å². The summed E-state index contributed by atoms with van der Waals surface area (Å²) in [4.78, 5) is 23.9. The number of nitrogens with one attached hydrogen (secondary N) is 3. The minimum Gasteiger partial charge on any atom is -0.444 e. The number of hydrogen-bond donors (Lipinski definition) is 4. The van der Waals surface area contributed by atoms with Crippen molar-refractivity contribution in [2.24, 2.45) is 0 Å². The molecule has 0 radical (unpaired) electrons. The van der Waals surface area contributed by atoms with Crippen molar-refractivity contribution in [2.75, 3.05) is 11.9 Å². The van der Waals surface area contributed by atoms with Gasteiger partial charge in [-0.05, 0) is 61.9 Å². The Morgan fingerprint density at radius 2 is 1.71 bits per heavy atom. The molecular formula is C27H39N3O4. The molecule has 0 aliphatic carbocycles. The molecule has 2 rings (SSSR count). The number of carbonyl (C=O) groups excluding carboxylic acids is 2. The van der Waals surface area contributed by atoms with Gasteiger partial charge in [-0.15, -0.1) is 0 Å². The van der Waals surface area contributed by atoms with Crippen LogP contribution in [-0.4, -0.2) is 41.4 Å². The fourth-order valence-corrected chi connectivity index (χ4v) is 3.55. The summed E-state index contributed by atoms with van der Waals surface area (Å²) in [6.45, 7) is 11.9. The lowest BCUT2D eigenvalue weighted by Crippen LogP contribution is -2.49. The molecule has 0 heterocycles. The Balaban J connectivity index is 2.06. The summed E-state index contributed by atoms with van der Waals surface area (Å²) in [6, 6.07) is 15.2. The number of hydrogen-bond acceptors (Lipinski definition) is 5. The molecule has 0 bridgehead atoms. The van der Waals surface area contributed by atoms with E-state index < -0.39 is 23.8 Å². The van der Waals surface area contributed by atoms with Crippen LogP contribution in [-0.2, 0) is 22.5 Å². The molecule has 0 unspecified atom stereocenters. The summed E-state index contributed by atoms with van der Waals surface area (Å²) in [5, 5.41) is 19.9. The van der Waals surface area contributed by atoms with Crippen LogP contribution in [0.25, 0.3) is 0 Å². The van der Waals surface area contributed by atoms with Gasteiger partial charge in [-0.25, -0.2) is 4.79 Å². The van der Waals surface area contributed by atoms with Gasteiger partial charge in [-0.3, -0.25) is 4.79 Å². The molecule has 0 aliphatic rings. The molecule has 0 saturated heterocycles. The van der Waals surface area contributed by atoms with Gasteiger partial charge in [0.1, 0.15) is 5.60 Å². The van der Waals surface area contributed by atoms with Gasteiger partial charge in [0, 0.05) is 25.7 Å². The number of ether oxygens (including phenoxy) is 1. The average molecular weight is 470 g/mol. The maximum atomic E-state index is 12.4. The minimum atomic E-state index is -0.837. The van der Waals surface area contributed by atoms with Gasteiger partial charge < -0.3 is 25.8 Å². The molecule has 0 spiro atoms. The summed E-state index contributed by atoms with van der Waals surface area (Å²) in [5.41, 5.74) is 3.26. The van der Waals surface area contributed by atoms with Crippen LogP contribution in [0.5, 0.6) is 0 Å². The van der Waals surface area contributed by atoms with Gasteiger partial charge in [0.25, 0.3) is 0 Å². The summed E-state index contributed by atoms with van der Waals surface area (Å²) >= 11 is 0. The van der Waals surface area contributed by atoms with Gasteiger partial charge in [-0.2, -0.15) is 0 Å². The van der Waals surface area contributed by atoms with Crippen molar-refractivity contribution >= 4 is 17.7 Å². The van der Waals surface area contributed by atoms with Crippen LogP contribution in [0.4, 0.5) is 10.5 Å². The molecule has 2 atom stereocenters. The third kappa shape index (κ3) is 9.93. The van der Waals surface area contributed by atoms with Crippen molar-refractivity contribution in [1.29, 1.82) is 0 Å². The highest BCUT2D eigenvalue weighted by atomic mass is 16.6. The van der Waals surface area contributed by atoms with Crippen LogP contribution in [0.15, 0.2) is 48.5 Å². The Kier molecular flexibility index (Phi) is 10.1. The SMILES string of the molecule is CC(=O)Nc1cc(CNC[C@@H](O)[C@H](Cc2ccccc2)NC(=O)OC(C)(C)C)cc(C(C)C)c1. The molecule has 7 heteroatoms. The highest BCUT2D eigenvalue weighted by Crippen LogP contribution is 2.22. The van der Waals surface area contributed by atoms with Gasteiger partial charge in [0.15, 0.2) is 0 Å². The molecule has 0 saturated carbocycles. The van der Waals surface area contributed by atoms with Crippen LogP contribution in [0.3, 0.4) is 0 Å². The molecular weight excluding hydrogens is 430 g/mol. The fourth-order valence-electron chi connectivity index (χ4n) is 3.55. The second-order valence-electron chi connectivity index (χ2n) is 9.94. The number of alkyl carbamates (subject to hydrolysis) is 1. The molecule has 186 valence electrons. The molecule has 0 aromatic heterocycles. The first-order valence-corrected chi connectivity index (χ1v) is 11.8. The monoisotopic (exact) mass is 469 g/mol. The third-order valence-electron chi connectivity index (χ3n) is 5.15. The minimum absolute atomic E-state index is 0.118. The summed E-state index contributed by atoms with van der Waals surface area (Å²) < 4.78 is 5.39. The molecule has 7 nitrogen and oxygen atoms in total. The summed E-state index contributed by atoms with van der Waals surface area (Å²) in [6.07, 6.45) is -0.925. The normalized spacial score (nSPS) is 13.3. The zero-order valence-corrected chi connectivity index (χ0v) is 21.1. The molecule has 2 amide bonds.